The number of carbonyl (C=O) groups is 2. The first-order valence-electron chi connectivity index (χ1n) is 11.8. The summed E-state index contributed by atoms with van der Waals surface area (Å²) in [4.78, 5) is 35.2. The lowest BCUT2D eigenvalue weighted by molar-refractivity contribution is -0.129. The fraction of sp³-hybridized carbons (Fsp3) is 0.333. The Bertz CT molecular complexity index is 1280. The minimum absolute atomic E-state index is 0.0560. The number of aliphatic hydroxyl groups excluding tert-OH is 1. The number of nitrogens with zero attached hydrogens (tertiary/aromatic N) is 3. The van der Waals surface area contributed by atoms with E-state index in [-0.39, 0.29) is 36.2 Å². The number of rotatable bonds is 7. The molecule has 0 aliphatic carbocycles. The Hall–Kier alpha value is -3.36. The van der Waals surface area contributed by atoms with E-state index in [0.29, 0.717) is 34.9 Å². The molecule has 0 radical (unpaired) electrons. The van der Waals surface area contributed by atoms with Crippen molar-refractivity contribution in [3.8, 4) is 11.3 Å². The van der Waals surface area contributed by atoms with E-state index in [1.54, 1.807) is 48.4 Å². The van der Waals surface area contributed by atoms with E-state index in [1.165, 1.54) is 12.1 Å². The lowest BCUT2D eigenvalue weighted by Gasteiger charge is -2.31. The zero-order valence-corrected chi connectivity index (χ0v) is 20.7. The molecule has 3 aromatic rings. The maximum atomic E-state index is 15.1. The number of ketones is 1. The van der Waals surface area contributed by atoms with Gasteiger partial charge in [-0.25, -0.2) is 14.4 Å². The molecule has 1 aromatic heterocycles. The van der Waals surface area contributed by atoms with Crippen molar-refractivity contribution in [1.82, 2.24) is 14.9 Å². The smallest absolute Gasteiger partial charge is 0.219 e. The van der Waals surface area contributed by atoms with E-state index in [0.717, 1.165) is 18.5 Å². The second kappa shape index (κ2) is 11.1. The number of nitrogens with two attached hydrogens (primary N) is 1. The number of benzene rings is 2. The van der Waals surface area contributed by atoms with Crippen LogP contribution in [0.2, 0.25) is 5.02 Å². The van der Waals surface area contributed by atoms with Crippen LogP contribution < -0.4 is 5.73 Å². The van der Waals surface area contributed by atoms with Crippen LogP contribution in [0.25, 0.3) is 11.3 Å². The number of nitrogen functional groups attached to an aromatic ring is 1. The van der Waals surface area contributed by atoms with Gasteiger partial charge in [0.1, 0.15) is 17.3 Å². The van der Waals surface area contributed by atoms with Crippen molar-refractivity contribution in [1.29, 1.82) is 0 Å². The Morgan fingerprint density at radius 2 is 1.97 bits per heavy atom. The van der Waals surface area contributed by atoms with Gasteiger partial charge in [0.15, 0.2) is 5.78 Å². The third kappa shape index (κ3) is 5.71. The van der Waals surface area contributed by atoms with Gasteiger partial charge >= 0.3 is 0 Å². The number of anilines is 1. The zero-order chi connectivity index (χ0) is 25.8. The van der Waals surface area contributed by atoms with Gasteiger partial charge < -0.3 is 15.7 Å². The number of aliphatic hydroxyl groups is 1. The van der Waals surface area contributed by atoms with E-state index < -0.39 is 17.5 Å². The van der Waals surface area contributed by atoms with E-state index in [2.05, 4.69) is 9.97 Å². The Balaban J connectivity index is 1.53. The number of carbonyl (C=O) groups excluding carboxylic acids is 2. The predicted molar refractivity (Wildman–Crippen MR) is 136 cm³/mol. The second-order valence-electron chi connectivity index (χ2n) is 9.07. The SMILES string of the molecule is CC(=O)N1CCC(c2cnc(N)c(-c3ccc(C(=O)C[C@H](CO)c4cccc(Cl)c4)c(F)c3)n2)CC1. The van der Waals surface area contributed by atoms with Gasteiger partial charge in [-0.1, -0.05) is 29.8 Å². The summed E-state index contributed by atoms with van der Waals surface area (Å²) in [5, 5.41) is 10.3. The lowest BCUT2D eigenvalue weighted by atomic mass is 9.91. The summed E-state index contributed by atoms with van der Waals surface area (Å²) in [7, 11) is 0. The second-order valence-corrected chi connectivity index (χ2v) is 9.50. The molecule has 7 nitrogen and oxygen atoms in total. The highest BCUT2D eigenvalue weighted by atomic mass is 35.5. The molecule has 0 bridgehead atoms. The molecule has 4 rings (SSSR count). The normalized spacial score (nSPS) is 15.1. The molecular formula is C27H28ClFN4O3. The minimum atomic E-state index is -0.693. The molecule has 1 fully saturated rings. The quantitative estimate of drug-likeness (QED) is 0.450. The molecule has 2 aromatic carbocycles. The largest absolute Gasteiger partial charge is 0.396 e. The molecule has 188 valence electrons. The van der Waals surface area contributed by atoms with Crippen molar-refractivity contribution in [2.75, 3.05) is 25.4 Å². The van der Waals surface area contributed by atoms with Gasteiger partial charge in [0.2, 0.25) is 5.91 Å². The molecule has 3 N–H and O–H groups in total. The number of hydrogen-bond acceptors (Lipinski definition) is 6. The van der Waals surface area contributed by atoms with Gasteiger partial charge in [-0.2, -0.15) is 0 Å². The van der Waals surface area contributed by atoms with Gasteiger partial charge in [0.25, 0.3) is 0 Å². The first-order chi connectivity index (χ1) is 17.3. The monoisotopic (exact) mass is 510 g/mol. The average Bonchev–Trinajstić information content (AvgIpc) is 2.87. The summed E-state index contributed by atoms with van der Waals surface area (Å²) < 4.78 is 15.1. The molecule has 1 amide bonds. The van der Waals surface area contributed by atoms with Crippen molar-refractivity contribution in [2.45, 2.75) is 38.0 Å². The zero-order valence-electron chi connectivity index (χ0n) is 20.0. The topological polar surface area (TPSA) is 109 Å². The molecule has 2 heterocycles. The van der Waals surface area contributed by atoms with Crippen LogP contribution in [0.5, 0.6) is 0 Å². The van der Waals surface area contributed by atoms with E-state index in [4.69, 9.17) is 17.3 Å². The third-order valence-corrected chi connectivity index (χ3v) is 6.93. The highest BCUT2D eigenvalue weighted by Gasteiger charge is 2.25. The maximum absolute atomic E-state index is 15.1. The first-order valence-corrected chi connectivity index (χ1v) is 12.2. The lowest BCUT2D eigenvalue weighted by Crippen LogP contribution is -2.36. The number of likely N-dealkylation sites (tertiary alicyclic amines) is 1. The highest BCUT2D eigenvalue weighted by Crippen LogP contribution is 2.31. The summed E-state index contributed by atoms with van der Waals surface area (Å²) in [6.07, 6.45) is 3.09. The van der Waals surface area contributed by atoms with Gasteiger partial charge in [0.05, 0.1) is 24.1 Å². The number of aromatic nitrogens is 2. The van der Waals surface area contributed by atoms with Crippen molar-refractivity contribution < 1.29 is 19.1 Å². The predicted octanol–water partition coefficient (Wildman–Crippen LogP) is 4.59. The molecule has 1 saturated heterocycles. The summed E-state index contributed by atoms with van der Waals surface area (Å²) in [6.45, 7) is 2.59. The van der Waals surface area contributed by atoms with Crippen LogP contribution in [-0.4, -0.2) is 51.4 Å². The number of hydrogen-bond donors (Lipinski definition) is 2. The number of halogens is 2. The Morgan fingerprint density at radius 3 is 2.61 bits per heavy atom. The highest BCUT2D eigenvalue weighted by molar-refractivity contribution is 6.30. The molecule has 0 spiro atoms. The van der Waals surface area contributed by atoms with Crippen LogP contribution in [0.15, 0.2) is 48.7 Å². The average molecular weight is 511 g/mol. The fourth-order valence-corrected chi connectivity index (χ4v) is 4.78. The number of amides is 1. The summed E-state index contributed by atoms with van der Waals surface area (Å²) >= 11 is 6.03. The molecule has 1 aliphatic rings. The van der Waals surface area contributed by atoms with E-state index >= 15 is 4.39 Å². The van der Waals surface area contributed by atoms with Crippen LogP contribution in [0.3, 0.4) is 0 Å². The fourth-order valence-electron chi connectivity index (χ4n) is 4.58. The Morgan fingerprint density at radius 1 is 1.22 bits per heavy atom. The minimum Gasteiger partial charge on any atom is -0.396 e. The summed E-state index contributed by atoms with van der Waals surface area (Å²) in [5.41, 5.74) is 8.23. The van der Waals surface area contributed by atoms with E-state index in [9.17, 15) is 14.7 Å². The van der Waals surface area contributed by atoms with E-state index in [1.807, 2.05) is 0 Å². The van der Waals surface area contributed by atoms with Gasteiger partial charge in [0, 0.05) is 48.9 Å². The molecule has 36 heavy (non-hydrogen) atoms. The van der Waals surface area contributed by atoms with Crippen molar-refractivity contribution in [3.05, 3.63) is 76.3 Å². The van der Waals surface area contributed by atoms with Crippen LogP contribution in [-0.2, 0) is 4.79 Å². The van der Waals surface area contributed by atoms with Gasteiger partial charge in [-0.15, -0.1) is 0 Å². The summed E-state index contributed by atoms with van der Waals surface area (Å²) in [5.74, 6) is -1.27. The molecule has 9 heteroatoms. The maximum Gasteiger partial charge on any atom is 0.219 e. The van der Waals surface area contributed by atoms with Crippen LogP contribution in [0.4, 0.5) is 10.2 Å². The number of Topliss-reactive ketones (excluding diaryl/α,β-unsaturated/α-hetero) is 1. The number of piperidine rings is 1. The summed E-state index contributed by atoms with van der Waals surface area (Å²) in [6, 6.07) is 11.2. The standard InChI is InChI=1S/C27H28ClFN4O3/c1-16(35)33-9-7-17(8-10-33)24-14-31-27(30)26(32-24)19-5-6-22(23(29)12-19)25(36)13-20(15-34)18-3-2-4-21(28)11-18/h2-6,11-12,14,17,20,34H,7-10,13,15H2,1H3,(H2,30,31)/t20-/m1/s1. The van der Waals surface area contributed by atoms with Crippen molar-refractivity contribution in [2.24, 2.45) is 0 Å². The van der Waals surface area contributed by atoms with Gasteiger partial charge in [-0.3, -0.25) is 9.59 Å². The van der Waals surface area contributed by atoms with Crippen LogP contribution >= 0.6 is 11.6 Å². The van der Waals surface area contributed by atoms with Gasteiger partial charge in [-0.05, 0) is 42.7 Å². The Labute approximate surface area is 214 Å². The molecule has 1 atom stereocenters. The molecule has 0 saturated carbocycles. The van der Waals surface area contributed by atoms with Crippen LogP contribution in [0, 0.1) is 5.82 Å². The van der Waals surface area contributed by atoms with Crippen LogP contribution in [0.1, 0.15) is 59.6 Å². The third-order valence-electron chi connectivity index (χ3n) is 6.69. The molecule has 1 aliphatic heterocycles. The molecular weight excluding hydrogens is 483 g/mol. The molecule has 0 unspecified atom stereocenters. The van der Waals surface area contributed by atoms with Crippen molar-refractivity contribution in [3.63, 3.8) is 0 Å². The van der Waals surface area contributed by atoms with Crippen molar-refractivity contribution >= 4 is 29.1 Å². The first kappa shape index (κ1) is 25.7. The Kier molecular flexibility index (Phi) is 7.96.